The minimum Gasteiger partial charge on any atom is -0.478 e. The first-order valence-electron chi connectivity index (χ1n) is 13.0. The number of esters is 2. The fourth-order valence-electron chi connectivity index (χ4n) is 4.39. The molecule has 2 heterocycles. The quantitative estimate of drug-likeness (QED) is 0.232. The number of piperidine rings is 1. The second-order valence-electron chi connectivity index (χ2n) is 8.77. The molecule has 0 radical (unpaired) electrons. The van der Waals surface area contributed by atoms with Crippen molar-refractivity contribution in [2.45, 2.75) is 52.5 Å². The van der Waals surface area contributed by atoms with Crippen molar-refractivity contribution in [1.82, 2.24) is 9.88 Å². The highest BCUT2D eigenvalue weighted by atomic mass is 32.1. The van der Waals surface area contributed by atoms with Gasteiger partial charge in [-0.3, -0.25) is 19.9 Å². The van der Waals surface area contributed by atoms with E-state index in [1.54, 1.807) is 11.3 Å². The van der Waals surface area contributed by atoms with Gasteiger partial charge in [0.2, 0.25) is 5.90 Å². The Morgan fingerprint density at radius 2 is 1.68 bits per heavy atom. The summed E-state index contributed by atoms with van der Waals surface area (Å²) in [6, 6.07) is 7.95. The summed E-state index contributed by atoms with van der Waals surface area (Å²) in [6.07, 6.45) is 2.87. The molecule has 0 atom stereocenters. The van der Waals surface area contributed by atoms with Crippen LogP contribution in [0, 0.1) is 5.41 Å². The van der Waals surface area contributed by atoms with Gasteiger partial charge in [-0.05, 0) is 52.2 Å². The second-order valence-corrected chi connectivity index (χ2v) is 9.61. The molecule has 0 unspecified atom stereocenters. The molecule has 2 aromatic rings. The van der Waals surface area contributed by atoms with Gasteiger partial charge in [-0.25, -0.2) is 4.98 Å². The van der Waals surface area contributed by atoms with Gasteiger partial charge in [0.05, 0.1) is 32.1 Å². The number of ether oxygens (including phenoxy) is 3. The number of carbonyl (C=O) groups excluding carboxylic acids is 2. The summed E-state index contributed by atoms with van der Waals surface area (Å²) in [7, 11) is 0. The van der Waals surface area contributed by atoms with Crippen LogP contribution < -0.4 is 4.90 Å². The zero-order chi connectivity index (χ0) is 26.6. The van der Waals surface area contributed by atoms with E-state index in [-0.39, 0.29) is 23.9 Å². The lowest BCUT2D eigenvalue weighted by Crippen LogP contribution is -2.47. The lowest BCUT2D eigenvalue weighted by molar-refractivity contribution is -0.145. The first-order chi connectivity index (χ1) is 17.9. The summed E-state index contributed by atoms with van der Waals surface area (Å²) in [6.45, 7) is 9.39. The maximum Gasteiger partial charge on any atom is 0.320 e. The van der Waals surface area contributed by atoms with Crippen LogP contribution in [0.1, 0.15) is 52.0 Å². The first-order valence-corrected chi connectivity index (χ1v) is 13.9. The fraction of sp³-hybridized carbons (Fsp3) is 0.556. The molecule has 9 nitrogen and oxygen atoms in total. The molecule has 0 aliphatic carbocycles. The molecule has 202 valence electrons. The molecule has 1 aliphatic heterocycles. The van der Waals surface area contributed by atoms with Gasteiger partial charge in [0.25, 0.3) is 0 Å². The van der Waals surface area contributed by atoms with Gasteiger partial charge in [0.15, 0.2) is 5.13 Å². The molecule has 1 aromatic heterocycles. The number of carbonyl (C=O) groups is 2. The molecule has 0 bridgehead atoms. The van der Waals surface area contributed by atoms with Crippen molar-refractivity contribution >= 4 is 34.3 Å². The zero-order valence-corrected chi connectivity index (χ0v) is 22.8. The molecule has 0 spiro atoms. The Kier molecular flexibility index (Phi) is 11.3. The summed E-state index contributed by atoms with van der Waals surface area (Å²) in [5.41, 5.74) is 2.59. The van der Waals surface area contributed by atoms with Crippen molar-refractivity contribution in [2.75, 3.05) is 50.9 Å². The number of likely N-dealkylation sites (tertiary alicyclic amines) is 1. The lowest BCUT2D eigenvalue weighted by Gasteiger charge is -2.38. The van der Waals surface area contributed by atoms with Crippen LogP contribution in [0.4, 0.5) is 5.13 Å². The maximum absolute atomic E-state index is 11.9. The highest BCUT2D eigenvalue weighted by molar-refractivity contribution is 7.14. The van der Waals surface area contributed by atoms with Crippen LogP contribution in [0.3, 0.4) is 0 Å². The third-order valence-corrected chi connectivity index (χ3v) is 7.09. The Hall–Kier alpha value is -2.98. The zero-order valence-electron chi connectivity index (χ0n) is 22.0. The predicted octanol–water partition coefficient (Wildman–Crippen LogP) is 4.35. The SMILES string of the molecule is CCOC(=N)c1ccc(-c2csc(N(CCCC(=O)OCC)C3CCN(CC(=O)OCC)CC3)n2)cc1. The van der Waals surface area contributed by atoms with E-state index in [2.05, 4.69) is 9.80 Å². The predicted molar refractivity (Wildman–Crippen MR) is 145 cm³/mol. The molecule has 1 N–H and O–H groups in total. The van der Waals surface area contributed by atoms with Crippen molar-refractivity contribution in [3.8, 4) is 11.3 Å². The normalized spacial score (nSPS) is 14.2. The Morgan fingerprint density at radius 1 is 1.03 bits per heavy atom. The highest BCUT2D eigenvalue weighted by Crippen LogP contribution is 2.31. The van der Waals surface area contributed by atoms with E-state index in [1.807, 2.05) is 50.4 Å². The van der Waals surface area contributed by atoms with Crippen LogP contribution in [0.25, 0.3) is 11.3 Å². The Labute approximate surface area is 223 Å². The number of thiazole rings is 1. The summed E-state index contributed by atoms with van der Waals surface area (Å²) in [5.74, 6) is -0.196. The monoisotopic (exact) mass is 530 g/mol. The molecule has 1 saturated heterocycles. The van der Waals surface area contributed by atoms with Gasteiger partial charge >= 0.3 is 11.9 Å². The van der Waals surface area contributed by atoms with E-state index in [1.165, 1.54) is 0 Å². The summed E-state index contributed by atoms with van der Waals surface area (Å²) < 4.78 is 15.5. The number of anilines is 1. The van der Waals surface area contributed by atoms with E-state index in [4.69, 9.17) is 24.6 Å². The van der Waals surface area contributed by atoms with Crippen LogP contribution >= 0.6 is 11.3 Å². The van der Waals surface area contributed by atoms with Gasteiger partial charge in [0.1, 0.15) is 0 Å². The molecular formula is C27H38N4O5S. The van der Waals surface area contributed by atoms with Crippen molar-refractivity contribution in [3.63, 3.8) is 0 Å². The van der Waals surface area contributed by atoms with Gasteiger partial charge in [0, 0.05) is 48.6 Å². The molecule has 0 saturated carbocycles. The van der Waals surface area contributed by atoms with Crippen molar-refractivity contribution in [1.29, 1.82) is 5.41 Å². The number of benzene rings is 1. The molecule has 10 heteroatoms. The van der Waals surface area contributed by atoms with Crippen LogP contribution in [-0.2, 0) is 23.8 Å². The Morgan fingerprint density at radius 3 is 2.32 bits per heavy atom. The van der Waals surface area contributed by atoms with Crippen molar-refractivity contribution < 1.29 is 23.8 Å². The molecule has 3 rings (SSSR count). The number of hydrogen-bond donors (Lipinski definition) is 1. The van der Waals surface area contributed by atoms with Crippen molar-refractivity contribution in [2.24, 2.45) is 0 Å². The number of rotatable bonds is 13. The van der Waals surface area contributed by atoms with E-state index in [9.17, 15) is 9.59 Å². The first kappa shape index (κ1) is 28.6. The lowest BCUT2D eigenvalue weighted by atomic mass is 10.0. The summed E-state index contributed by atoms with van der Waals surface area (Å²) >= 11 is 1.60. The number of aromatic nitrogens is 1. The van der Waals surface area contributed by atoms with Crippen LogP contribution in [-0.4, -0.2) is 79.8 Å². The van der Waals surface area contributed by atoms with Gasteiger partial charge in [-0.1, -0.05) is 12.1 Å². The molecule has 1 aromatic carbocycles. The topological polar surface area (TPSA) is 105 Å². The average molecular weight is 531 g/mol. The number of hydrogen-bond acceptors (Lipinski definition) is 10. The second kappa shape index (κ2) is 14.7. The summed E-state index contributed by atoms with van der Waals surface area (Å²) in [4.78, 5) is 33.2. The smallest absolute Gasteiger partial charge is 0.320 e. The highest BCUT2D eigenvalue weighted by Gasteiger charge is 2.28. The standard InChI is InChI=1S/C27H38N4O5S/c1-4-34-24(32)8-7-15-31(22-13-16-30(17-14-22)18-25(33)35-5-2)27-29-23(19-37-27)20-9-11-21(12-10-20)26(28)36-6-3/h9-12,19,22,28H,4-8,13-18H2,1-3H3. The van der Waals surface area contributed by atoms with Crippen molar-refractivity contribution in [3.05, 3.63) is 35.2 Å². The average Bonchev–Trinajstić information content (AvgIpc) is 3.38. The van der Waals surface area contributed by atoms with Crippen LogP contribution in [0.2, 0.25) is 0 Å². The maximum atomic E-state index is 11.9. The fourth-order valence-corrected chi connectivity index (χ4v) is 5.32. The van der Waals surface area contributed by atoms with Gasteiger partial charge < -0.3 is 19.1 Å². The summed E-state index contributed by atoms with van der Waals surface area (Å²) in [5, 5.41) is 10.9. The van der Waals surface area contributed by atoms with E-state index >= 15 is 0 Å². The third kappa shape index (κ3) is 8.53. The van der Waals surface area contributed by atoms with Crippen LogP contribution in [0.5, 0.6) is 0 Å². The third-order valence-electron chi connectivity index (χ3n) is 6.21. The molecule has 1 aliphatic rings. The van der Waals surface area contributed by atoms with Gasteiger partial charge in [-0.2, -0.15) is 0 Å². The molecule has 37 heavy (non-hydrogen) atoms. The number of nitrogens with one attached hydrogen (secondary N) is 1. The molecule has 1 fully saturated rings. The van der Waals surface area contributed by atoms with Crippen LogP contribution in [0.15, 0.2) is 29.6 Å². The van der Waals surface area contributed by atoms with Gasteiger partial charge in [-0.15, -0.1) is 11.3 Å². The van der Waals surface area contributed by atoms with E-state index < -0.39 is 0 Å². The van der Waals surface area contributed by atoms with E-state index in [0.29, 0.717) is 45.8 Å². The molecular weight excluding hydrogens is 492 g/mol. The largest absolute Gasteiger partial charge is 0.478 e. The number of nitrogens with zero attached hydrogens (tertiary/aromatic N) is 3. The molecule has 0 amide bonds. The Bertz CT molecular complexity index is 1020. The van der Waals surface area contributed by atoms with E-state index in [0.717, 1.165) is 47.9 Å². The minimum absolute atomic E-state index is 0.162. The minimum atomic E-state index is -0.181. The Balaban J connectivity index is 1.69.